The minimum atomic E-state index is -7.22. The van der Waals surface area contributed by atoms with E-state index in [-0.39, 0.29) is 5.56 Å². The number of pyridine rings is 1. The van der Waals surface area contributed by atoms with Gasteiger partial charge in [0.25, 0.3) is 0 Å². The van der Waals surface area contributed by atoms with Crippen LogP contribution in [0.1, 0.15) is 15.9 Å². The van der Waals surface area contributed by atoms with Gasteiger partial charge in [-0.25, -0.2) is 97.2 Å². The van der Waals surface area contributed by atoms with Crippen molar-refractivity contribution in [3.05, 3.63) is 182 Å². The van der Waals surface area contributed by atoms with Crippen LogP contribution in [0.5, 0.6) is 0 Å². The predicted molar refractivity (Wildman–Crippen MR) is 173 cm³/mol. The van der Waals surface area contributed by atoms with Crippen LogP contribution in [0.2, 0.25) is 0 Å². The second kappa shape index (κ2) is 18.0. The van der Waals surface area contributed by atoms with Crippen LogP contribution in [0.4, 0.5) is 101 Å². The fourth-order valence-electron chi connectivity index (χ4n) is 6.53. The summed E-state index contributed by atoms with van der Waals surface area (Å²) in [5.41, 5.74) is -13.4. The predicted octanol–water partition coefficient (Wildman–Crippen LogP) is 8.55. The van der Waals surface area contributed by atoms with Crippen molar-refractivity contribution in [2.24, 2.45) is 0 Å². The number of alkyl halides is 3. The molecule has 344 valence electrons. The molecule has 5 aromatic carbocycles. The highest BCUT2D eigenvalue weighted by molar-refractivity contribution is 7.20. The number of carbonyl (C=O) groups is 1. The minimum absolute atomic E-state index is 0.147. The molecule has 65 heavy (non-hydrogen) atoms. The van der Waals surface area contributed by atoms with Crippen LogP contribution < -0.4 is 26.4 Å². The lowest BCUT2D eigenvalue weighted by atomic mass is 9.12. The monoisotopic (exact) mass is 961 g/mol. The zero-order valence-electron chi connectivity index (χ0n) is 30.4. The zero-order chi connectivity index (χ0) is 48.9. The summed E-state index contributed by atoms with van der Waals surface area (Å²) in [7, 11) is 0. The average molecular weight is 961 g/mol. The number of benzene rings is 5. The highest BCUT2D eigenvalue weighted by atomic mass is 19.4. The Bertz CT molecular complexity index is 2490. The first-order chi connectivity index (χ1) is 30.1. The van der Waals surface area contributed by atoms with Crippen LogP contribution in [-0.4, -0.2) is 18.5 Å². The summed E-state index contributed by atoms with van der Waals surface area (Å²) in [5, 5.41) is 0. The molecule has 0 saturated carbocycles. The maximum absolute atomic E-state index is 15.4. The lowest BCUT2D eigenvalue weighted by molar-refractivity contribution is -0.688. The highest BCUT2D eigenvalue weighted by Crippen LogP contribution is 2.31. The van der Waals surface area contributed by atoms with Crippen molar-refractivity contribution in [1.82, 2.24) is 0 Å². The van der Waals surface area contributed by atoms with E-state index in [0.717, 1.165) is 5.56 Å². The van der Waals surface area contributed by atoms with Gasteiger partial charge >= 0.3 is 12.3 Å². The van der Waals surface area contributed by atoms with Gasteiger partial charge in [-0.1, -0.05) is 30.3 Å². The molecule has 1 heterocycles. The van der Waals surface area contributed by atoms with Gasteiger partial charge in [0, 0.05) is 17.7 Å². The van der Waals surface area contributed by atoms with E-state index in [1.165, 1.54) is 24.5 Å². The normalized spacial score (nSPS) is 11.7. The SMILES string of the molecule is Fc1c(F)c(F)c([B-](c2c(F)c(F)c(F)c(F)c2F)(c2c(F)c(F)c(F)c(F)c2F)c2c(F)c(F)c(F)c(F)c2F)c(F)c1F.O=C(OC(F)(F)F)c1cc[n+](Cc2ccccc2)cc1. The standard InChI is InChI=1S/C24BF20.C14H11F3NO2/c26-5-1(6(27)14(35)21(42)13(5)34)25(2-7(28)15(36)22(43)16(37)8(2)29,3-9(30)17(38)23(44)18(39)10(3)31)4-11(32)19(40)24(45)20(41)12(4)33;15-14(16,17)20-13(19)12-6-8-18(9-7-12)10-11-4-2-1-3-5-11/h;1-9H,10H2/q-1;+1. The molecular formula is C38H11BF23NO2. The summed E-state index contributed by atoms with van der Waals surface area (Å²) in [4.78, 5) is 11.2. The van der Waals surface area contributed by atoms with Crippen LogP contribution in [0, 0.1) is 116 Å². The summed E-state index contributed by atoms with van der Waals surface area (Å²) in [6.45, 7) is 0.565. The molecular weight excluding hydrogens is 950 g/mol. The number of carbonyl (C=O) groups excluding carboxylic acids is 1. The average Bonchev–Trinajstić information content (AvgIpc) is 3.26. The molecule has 0 amide bonds. The van der Waals surface area contributed by atoms with Crippen molar-refractivity contribution >= 4 is 34.0 Å². The quantitative estimate of drug-likeness (QED) is 0.0402. The molecule has 3 nitrogen and oxygen atoms in total. The number of rotatable bonds is 7. The maximum Gasteiger partial charge on any atom is 0.575 e. The van der Waals surface area contributed by atoms with Crippen LogP contribution in [0.3, 0.4) is 0 Å². The van der Waals surface area contributed by atoms with E-state index in [9.17, 15) is 70.7 Å². The first kappa shape index (κ1) is 49.2. The third-order valence-electron chi connectivity index (χ3n) is 9.25. The van der Waals surface area contributed by atoms with Crippen LogP contribution in [0.15, 0.2) is 54.9 Å². The molecule has 27 heteroatoms. The van der Waals surface area contributed by atoms with Gasteiger partial charge in [0.15, 0.2) is 88.7 Å². The van der Waals surface area contributed by atoms with E-state index in [1.54, 1.807) is 4.57 Å². The highest BCUT2D eigenvalue weighted by Gasteiger charge is 2.52. The van der Waals surface area contributed by atoms with E-state index >= 15 is 35.1 Å². The Labute approximate surface area is 344 Å². The Morgan fingerprint density at radius 1 is 0.400 bits per heavy atom. The molecule has 0 bridgehead atoms. The summed E-state index contributed by atoms with van der Waals surface area (Å²) in [5.74, 6) is -72.8. The molecule has 0 radical (unpaired) electrons. The topological polar surface area (TPSA) is 30.2 Å². The van der Waals surface area contributed by atoms with E-state index < -0.39 is 157 Å². The molecule has 1 aromatic heterocycles. The summed E-state index contributed by atoms with van der Waals surface area (Å²) < 4.78 is 335. The number of aromatic nitrogens is 1. The molecule has 0 aliphatic rings. The fraction of sp³-hybridized carbons (Fsp3) is 0.0526. The van der Waals surface area contributed by atoms with Gasteiger partial charge in [-0.3, -0.25) is 0 Å². The van der Waals surface area contributed by atoms with Gasteiger partial charge < -0.3 is 4.74 Å². The Balaban J connectivity index is 0.000000330. The number of ether oxygens (including phenoxy) is 1. The molecule has 0 spiro atoms. The zero-order valence-corrected chi connectivity index (χ0v) is 30.4. The van der Waals surface area contributed by atoms with Crippen molar-refractivity contribution in [2.75, 3.05) is 0 Å². The van der Waals surface area contributed by atoms with Gasteiger partial charge in [-0.2, -0.15) is 0 Å². The van der Waals surface area contributed by atoms with Crippen molar-refractivity contribution in [3.63, 3.8) is 0 Å². The summed E-state index contributed by atoms with van der Waals surface area (Å²) in [6, 6.07) is 12.1. The first-order valence-electron chi connectivity index (χ1n) is 16.7. The lowest BCUT2D eigenvalue weighted by Crippen LogP contribution is -2.81. The Hall–Kier alpha value is -6.83. The largest absolute Gasteiger partial charge is 0.575 e. The number of hydrogen-bond donors (Lipinski definition) is 0. The molecule has 0 unspecified atom stereocenters. The summed E-state index contributed by atoms with van der Waals surface area (Å²) in [6.07, 6.45) is -9.13. The van der Waals surface area contributed by atoms with Gasteiger partial charge in [-0.15, -0.1) is 35.0 Å². The van der Waals surface area contributed by atoms with Gasteiger partial charge in [0.2, 0.25) is 0 Å². The Morgan fingerprint density at radius 2 is 0.646 bits per heavy atom. The molecule has 0 atom stereocenters. The van der Waals surface area contributed by atoms with E-state index in [4.69, 9.17) is 0 Å². The molecule has 0 aliphatic heterocycles. The van der Waals surface area contributed by atoms with Crippen molar-refractivity contribution in [1.29, 1.82) is 0 Å². The molecule has 0 saturated heterocycles. The van der Waals surface area contributed by atoms with Gasteiger partial charge in [0.05, 0.1) is 5.56 Å². The smallest absolute Gasteiger partial charge is 0.369 e. The minimum Gasteiger partial charge on any atom is -0.369 e. The Kier molecular flexibility index (Phi) is 13.6. The van der Waals surface area contributed by atoms with Crippen molar-refractivity contribution in [3.8, 4) is 0 Å². The third kappa shape index (κ3) is 8.37. The maximum atomic E-state index is 15.4. The van der Waals surface area contributed by atoms with E-state index in [0.29, 0.717) is 6.54 Å². The second-order valence-corrected chi connectivity index (χ2v) is 12.9. The van der Waals surface area contributed by atoms with Crippen LogP contribution in [0.25, 0.3) is 0 Å². The van der Waals surface area contributed by atoms with E-state index in [2.05, 4.69) is 4.74 Å². The summed E-state index contributed by atoms with van der Waals surface area (Å²) >= 11 is 0. The fourth-order valence-corrected chi connectivity index (χ4v) is 6.53. The molecule has 6 rings (SSSR count). The number of hydrogen-bond acceptors (Lipinski definition) is 2. The van der Waals surface area contributed by atoms with E-state index in [1.807, 2.05) is 30.3 Å². The van der Waals surface area contributed by atoms with Crippen LogP contribution >= 0.6 is 0 Å². The number of halogens is 23. The number of nitrogens with zero attached hydrogens (tertiary/aromatic N) is 1. The van der Waals surface area contributed by atoms with Gasteiger partial charge in [-0.05, 0) is 0 Å². The van der Waals surface area contributed by atoms with Crippen molar-refractivity contribution in [2.45, 2.75) is 12.9 Å². The molecule has 0 aliphatic carbocycles. The lowest BCUT2D eigenvalue weighted by Gasteiger charge is -2.44. The van der Waals surface area contributed by atoms with Crippen LogP contribution in [-0.2, 0) is 11.3 Å². The number of esters is 1. The van der Waals surface area contributed by atoms with Crippen molar-refractivity contribution < 1.29 is 115 Å². The van der Waals surface area contributed by atoms with Gasteiger partial charge in [0.1, 0.15) is 52.7 Å². The molecule has 0 fully saturated rings. The molecule has 6 aromatic rings. The molecule has 0 N–H and O–H groups in total. The second-order valence-electron chi connectivity index (χ2n) is 12.9. The third-order valence-corrected chi connectivity index (χ3v) is 9.25. The first-order valence-corrected chi connectivity index (χ1v) is 16.7. The Morgan fingerprint density at radius 3 is 0.892 bits per heavy atom.